The minimum absolute atomic E-state index is 0.531. The minimum atomic E-state index is -0.531. The summed E-state index contributed by atoms with van der Waals surface area (Å²) in [6.07, 6.45) is 1.90. The number of aromatic nitrogens is 5. The molecule has 2 heterocycles. The molecule has 6 nitrogen and oxygen atoms in total. The minimum Gasteiger partial charge on any atom is -0.387 e. The summed E-state index contributed by atoms with van der Waals surface area (Å²) < 4.78 is 3.68. The van der Waals surface area contributed by atoms with Gasteiger partial charge >= 0.3 is 0 Å². The van der Waals surface area contributed by atoms with Gasteiger partial charge in [-0.25, -0.2) is 4.68 Å². The first kappa shape index (κ1) is 12.8. The van der Waals surface area contributed by atoms with E-state index in [1.165, 1.54) is 0 Å². The van der Waals surface area contributed by atoms with Gasteiger partial charge in [0.15, 0.2) is 0 Å². The van der Waals surface area contributed by atoms with E-state index in [9.17, 15) is 5.11 Å². The van der Waals surface area contributed by atoms with Crippen molar-refractivity contribution in [3.05, 3.63) is 29.3 Å². The molecule has 98 valence electrons. The first-order valence-electron chi connectivity index (χ1n) is 6.25. The van der Waals surface area contributed by atoms with E-state index >= 15 is 0 Å². The van der Waals surface area contributed by atoms with Gasteiger partial charge in [-0.15, -0.1) is 5.10 Å². The van der Waals surface area contributed by atoms with Crippen LogP contribution in [0.25, 0.3) is 0 Å². The SMILES string of the molecule is CCC(O)c1cn(Cc2cc(C)nn2CC)nn1. The van der Waals surface area contributed by atoms with Crippen molar-refractivity contribution >= 4 is 0 Å². The van der Waals surface area contributed by atoms with Crippen molar-refractivity contribution in [2.24, 2.45) is 0 Å². The molecule has 1 N–H and O–H groups in total. The van der Waals surface area contributed by atoms with Crippen LogP contribution in [0.4, 0.5) is 0 Å². The number of nitrogens with zero attached hydrogens (tertiary/aromatic N) is 5. The molecule has 0 aromatic carbocycles. The van der Waals surface area contributed by atoms with Crippen molar-refractivity contribution in [1.29, 1.82) is 0 Å². The van der Waals surface area contributed by atoms with Crippen molar-refractivity contribution < 1.29 is 5.11 Å². The fourth-order valence-electron chi connectivity index (χ4n) is 1.92. The quantitative estimate of drug-likeness (QED) is 0.867. The molecule has 0 amide bonds. The molecule has 0 fully saturated rings. The number of hydrogen-bond acceptors (Lipinski definition) is 4. The van der Waals surface area contributed by atoms with E-state index in [1.807, 2.05) is 24.6 Å². The van der Waals surface area contributed by atoms with Gasteiger partial charge in [0, 0.05) is 6.54 Å². The fraction of sp³-hybridized carbons (Fsp3) is 0.583. The number of aryl methyl sites for hydroxylation is 2. The van der Waals surface area contributed by atoms with E-state index in [0.717, 1.165) is 17.9 Å². The van der Waals surface area contributed by atoms with Crippen LogP contribution in [-0.4, -0.2) is 29.9 Å². The largest absolute Gasteiger partial charge is 0.387 e. The zero-order valence-electron chi connectivity index (χ0n) is 11.0. The van der Waals surface area contributed by atoms with E-state index in [-0.39, 0.29) is 0 Å². The average molecular weight is 249 g/mol. The summed E-state index contributed by atoms with van der Waals surface area (Å²) >= 11 is 0. The summed E-state index contributed by atoms with van der Waals surface area (Å²) in [5, 5.41) is 22.1. The van der Waals surface area contributed by atoms with Gasteiger partial charge in [0.2, 0.25) is 0 Å². The molecule has 2 rings (SSSR count). The molecule has 0 radical (unpaired) electrons. The Morgan fingerprint density at radius 2 is 2.17 bits per heavy atom. The summed E-state index contributed by atoms with van der Waals surface area (Å²) in [7, 11) is 0. The molecule has 0 saturated heterocycles. The van der Waals surface area contributed by atoms with Crippen LogP contribution < -0.4 is 0 Å². The summed E-state index contributed by atoms with van der Waals surface area (Å²) in [5.74, 6) is 0. The number of hydrogen-bond donors (Lipinski definition) is 1. The highest BCUT2D eigenvalue weighted by atomic mass is 16.3. The molecule has 0 aliphatic heterocycles. The standard InChI is InChI=1S/C12H19N5O/c1-4-12(18)11-8-16(15-13-11)7-10-6-9(3)14-17(10)5-2/h6,8,12,18H,4-5,7H2,1-3H3. The van der Waals surface area contributed by atoms with Gasteiger partial charge in [0.1, 0.15) is 5.69 Å². The first-order chi connectivity index (χ1) is 8.63. The lowest BCUT2D eigenvalue weighted by atomic mass is 10.2. The predicted octanol–water partition coefficient (Wildman–Crippen LogP) is 1.29. The van der Waals surface area contributed by atoms with Crippen molar-refractivity contribution in [3.8, 4) is 0 Å². The molecular formula is C12H19N5O. The second kappa shape index (κ2) is 5.30. The van der Waals surface area contributed by atoms with Crippen molar-refractivity contribution in [3.63, 3.8) is 0 Å². The highest BCUT2D eigenvalue weighted by Gasteiger charge is 2.11. The zero-order chi connectivity index (χ0) is 13.1. The van der Waals surface area contributed by atoms with Gasteiger partial charge in [0.25, 0.3) is 0 Å². The molecule has 18 heavy (non-hydrogen) atoms. The molecule has 6 heteroatoms. The molecule has 0 saturated carbocycles. The molecular weight excluding hydrogens is 230 g/mol. The lowest BCUT2D eigenvalue weighted by molar-refractivity contribution is 0.168. The highest BCUT2D eigenvalue weighted by Crippen LogP contribution is 2.13. The number of aliphatic hydroxyl groups is 1. The van der Waals surface area contributed by atoms with Gasteiger partial charge < -0.3 is 5.11 Å². The molecule has 0 spiro atoms. The van der Waals surface area contributed by atoms with Crippen LogP contribution in [0.5, 0.6) is 0 Å². The van der Waals surface area contributed by atoms with Crippen LogP contribution in [0.15, 0.2) is 12.3 Å². The Kier molecular flexibility index (Phi) is 3.76. The van der Waals surface area contributed by atoms with E-state index in [1.54, 1.807) is 10.9 Å². The molecule has 1 unspecified atom stereocenters. The summed E-state index contributed by atoms with van der Waals surface area (Å²) in [6.45, 7) is 7.41. The summed E-state index contributed by atoms with van der Waals surface area (Å²) in [4.78, 5) is 0. The number of aliphatic hydroxyl groups excluding tert-OH is 1. The Hall–Kier alpha value is -1.69. The summed E-state index contributed by atoms with van der Waals surface area (Å²) in [5.41, 5.74) is 2.72. The lowest BCUT2D eigenvalue weighted by Gasteiger charge is -2.04. The molecule has 2 aromatic rings. The highest BCUT2D eigenvalue weighted by molar-refractivity contribution is 5.09. The molecule has 1 atom stereocenters. The second-order valence-electron chi connectivity index (χ2n) is 4.36. The molecule has 0 bridgehead atoms. The maximum absolute atomic E-state index is 9.68. The van der Waals surface area contributed by atoms with E-state index in [2.05, 4.69) is 22.3 Å². The Bertz CT molecular complexity index is 516. The average Bonchev–Trinajstić information content (AvgIpc) is 2.95. The van der Waals surface area contributed by atoms with E-state index in [0.29, 0.717) is 18.7 Å². The Balaban J connectivity index is 2.15. The van der Waals surface area contributed by atoms with Crippen LogP contribution in [-0.2, 0) is 13.1 Å². The third-order valence-corrected chi connectivity index (χ3v) is 2.89. The smallest absolute Gasteiger partial charge is 0.111 e. The topological polar surface area (TPSA) is 68.8 Å². The van der Waals surface area contributed by atoms with Crippen molar-refractivity contribution in [2.75, 3.05) is 0 Å². The van der Waals surface area contributed by atoms with Crippen LogP contribution >= 0.6 is 0 Å². The third-order valence-electron chi connectivity index (χ3n) is 2.89. The van der Waals surface area contributed by atoms with Gasteiger partial charge in [-0.3, -0.25) is 4.68 Å². The number of rotatable bonds is 5. The third kappa shape index (κ3) is 2.59. The Morgan fingerprint density at radius 3 is 2.83 bits per heavy atom. The molecule has 0 aliphatic carbocycles. The van der Waals surface area contributed by atoms with Crippen LogP contribution in [0.1, 0.15) is 43.5 Å². The van der Waals surface area contributed by atoms with Gasteiger partial charge in [-0.05, 0) is 26.3 Å². The summed E-state index contributed by atoms with van der Waals surface area (Å²) in [6, 6.07) is 2.04. The lowest BCUT2D eigenvalue weighted by Crippen LogP contribution is -2.08. The fourth-order valence-corrected chi connectivity index (χ4v) is 1.92. The second-order valence-corrected chi connectivity index (χ2v) is 4.36. The first-order valence-corrected chi connectivity index (χ1v) is 6.25. The van der Waals surface area contributed by atoms with E-state index in [4.69, 9.17) is 0 Å². The van der Waals surface area contributed by atoms with Gasteiger partial charge in [0.05, 0.1) is 30.2 Å². The van der Waals surface area contributed by atoms with Crippen LogP contribution in [0.3, 0.4) is 0 Å². The maximum Gasteiger partial charge on any atom is 0.111 e. The molecule has 0 aliphatic rings. The van der Waals surface area contributed by atoms with Gasteiger partial charge in [-0.1, -0.05) is 12.1 Å². The maximum atomic E-state index is 9.68. The Morgan fingerprint density at radius 1 is 1.39 bits per heavy atom. The van der Waals surface area contributed by atoms with Crippen LogP contribution in [0, 0.1) is 6.92 Å². The van der Waals surface area contributed by atoms with E-state index < -0.39 is 6.10 Å². The van der Waals surface area contributed by atoms with Gasteiger partial charge in [-0.2, -0.15) is 5.10 Å². The Labute approximate surface area is 106 Å². The predicted molar refractivity (Wildman–Crippen MR) is 67.0 cm³/mol. The zero-order valence-corrected chi connectivity index (χ0v) is 11.0. The normalized spacial score (nSPS) is 12.9. The monoisotopic (exact) mass is 249 g/mol. The van der Waals surface area contributed by atoms with Crippen molar-refractivity contribution in [2.45, 2.75) is 46.4 Å². The van der Waals surface area contributed by atoms with Crippen LogP contribution in [0.2, 0.25) is 0 Å². The van der Waals surface area contributed by atoms with Crippen molar-refractivity contribution in [1.82, 2.24) is 24.8 Å². The molecule has 2 aromatic heterocycles.